The molecule has 132 valence electrons. The normalized spacial score (nSPS) is 10.1. The van der Waals surface area contributed by atoms with Gasteiger partial charge in [0.15, 0.2) is 0 Å². The second kappa shape index (κ2) is 9.52. The molecule has 2 heterocycles. The third kappa shape index (κ3) is 5.41. The molecule has 0 fully saturated rings. The molecule has 0 aliphatic rings. The molecule has 8 nitrogen and oxygen atoms in total. The minimum atomic E-state index is -0.569. The Morgan fingerprint density at radius 2 is 2.04 bits per heavy atom. The molecular formula is C13H21ClN7OS2+. The third-order valence-corrected chi connectivity index (χ3v) is 4.69. The molecule has 0 unspecified atom stereocenters. The zero-order valence-electron chi connectivity index (χ0n) is 13.3. The minimum absolute atomic E-state index is 0. The quantitative estimate of drug-likeness (QED) is 0.276. The summed E-state index contributed by atoms with van der Waals surface area (Å²) in [5.74, 6) is 5.95. The van der Waals surface area contributed by atoms with Crippen molar-refractivity contribution in [2.24, 2.45) is 11.6 Å². The van der Waals surface area contributed by atoms with Crippen molar-refractivity contribution in [3.63, 3.8) is 0 Å². The largest absolute Gasteiger partial charge is 0.407 e. The van der Waals surface area contributed by atoms with Gasteiger partial charge in [-0.3, -0.25) is 0 Å². The average molecular weight is 391 g/mol. The summed E-state index contributed by atoms with van der Waals surface area (Å²) in [6.45, 7) is 7.06. The zero-order valence-corrected chi connectivity index (χ0v) is 15.7. The molecule has 0 saturated carbocycles. The Bertz CT molecular complexity index is 687. The number of carbonyl (C=O) groups excluding carboxylic acids is 1. The summed E-state index contributed by atoms with van der Waals surface area (Å²) in [5.41, 5.74) is 6.55. The molecule has 0 atom stereocenters. The van der Waals surface area contributed by atoms with Gasteiger partial charge in [0, 0.05) is 5.38 Å². The van der Waals surface area contributed by atoms with Crippen molar-refractivity contribution in [1.29, 1.82) is 0 Å². The number of nitrogens with two attached hydrogens (primary N) is 2. The number of urea groups is 1. The second-order valence-corrected chi connectivity index (χ2v) is 6.55. The Hall–Kier alpha value is -1.75. The molecule has 0 spiro atoms. The van der Waals surface area contributed by atoms with Crippen molar-refractivity contribution in [3.8, 4) is 11.4 Å². The summed E-state index contributed by atoms with van der Waals surface area (Å²) in [4.78, 5) is 19.7. The summed E-state index contributed by atoms with van der Waals surface area (Å²) in [7, 11) is 0. The van der Waals surface area contributed by atoms with E-state index < -0.39 is 6.03 Å². The Kier molecular flexibility index (Phi) is 8.05. The fourth-order valence-corrected chi connectivity index (χ4v) is 3.22. The molecular weight excluding hydrogens is 370 g/mol. The van der Waals surface area contributed by atoms with E-state index in [-0.39, 0.29) is 12.4 Å². The van der Waals surface area contributed by atoms with Gasteiger partial charge < -0.3 is 11.1 Å². The summed E-state index contributed by atoms with van der Waals surface area (Å²) < 4.78 is 1.59. The standard InChI is InChI=1S/C13H19N7OS2.ClH/c1-3-4-5-20(15)19(2)13-18-10(8-23-13)9-7-22-11(17-9)6-16-12(14)21;/h7-8H,2-6,15H2,1H3,(H2-,14,16,21);1H/p+1. The molecule has 2 aromatic heterocycles. The van der Waals surface area contributed by atoms with Crippen molar-refractivity contribution in [2.45, 2.75) is 26.3 Å². The number of rotatable bonds is 8. The molecule has 0 aliphatic carbocycles. The molecule has 0 aromatic carbocycles. The van der Waals surface area contributed by atoms with E-state index in [1.54, 1.807) is 9.80 Å². The maximum absolute atomic E-state index is 10.7. The lowest BCUT2D eigenvalue weighted by Gasteiger charge is -2.14. The van der Waals surface area contributed by atoms with Crippen LogP contribution in [0, 0.1) is 0 Å². The molecule has 24 heavy (non-hydrogen) atoms. The van der Waals surface area contributed by atoms with Gasteiger partial charge in [-0.25, -0.2) is 15.6 Å². The first-order valence-corrected chi connectivity index (χ1v) is 8.83. The van der Waals surface area contributed by atoms with Crippen LogP contribution in [-0.2, 0) is 6.54 Å². The van der Waals surface area contributed by atoms with Gasteiger partial charge in [0.1, 0.15) is 10.7 Å². The number of thiazole rings is 2. The molecule has 0 bridgehead atoms. The van der Waals surface area contributed by atoms with E-state index in [0.29, 0.717) is 18.2 Å². The van der Waals surface area contributed by atoms with Crippen LogP contribution >= 0.6 is 35.1 Å². The Morgan fingerprint density at radius 3 is 2.71 bits per heavy atom. The molecule has 0 radical (unpaired) electrons. The fourth-order valence-electron chi connectivity index (χ4n) is 1.72. The number of amides is 2. The van der Waals surface area contributed by atoms with Crippen LogP contribution in [0.5, 0.6) is 0 Å². The van der Waals surface area contributed by atoms with Gasteiger partial charge in [-0.15, -0.1) is 28.4 Å². The number of halogens is 1. The second-order valence-electron chi connectivity index (χ2n) is 4.78. The summed E-state index contributed by atoms with van der Waals surface area (Å²) >= 11 is 2.89. The summed E-state index contributed by atoms with van der Waals surface area (Å²) in [5, 5.41) is 9.32. The van der Waals surface area contributed by atoms with E-state index in [2.05, 4.69) is 28.9 Å². The number of hydrazone groups is 1. The van der Waals surface area contributed by atoms with Crippen molar-refractivity contribution in [1.82, 2.24) is 20.4 Å². The van der Waals surface area contributed by atoms with Crippen LogP contribution in [0.25, 0.3) is 11.4 Å². The monoisotopic (exact) mass is 390 g/mol. The molecule has 2 amide bonds. The zero-order chi connectivity index (χ0) is 16.8. The van der Waals surface area contributed by atoms with Crippen LogP contribution in [0.1, 0.15) is 24.8 Å². The van der Waals surface area contributed by atoms with Crippen LogP contribution in [0.15, 0.2) is 10.8 Å². The number of hydrogen-bond donors (Lipinski definition) is 3. The van der Waals surface area contributed by atoms with E-state index >= 15 is 0 Å². The number of carbonyl (C=O) groups is 1. The fraction of sp³-hybridized carbons (Fsp3) is 0.385. The van der Waals surface area contributed by atoms with Gasteiger partial charge in [-0.05, 0) is 22.7 Å². The first-order chi connectivity index (χ1) is 11.0. The SMILES string of the molecule is C=[N+](c1nc(-c2csc(CNC(N)=O)n2)cs1)N(N)CCCC.Cl. The van der Waals surface area contributed by atoms with Crippen LogP contribution in [0.4, 0.5) is 9.93 Å². The molecule has 0 saturated heterocycles. The first kappa shape index (κ1) is 20.3. The van der Waals surface area contributed by atoms with Gasteiger partial charge in [-0.2, -0.15) is 5.12 Å². The lowest BCUT2D eigenvalue weighted by Crippen LogP contribution is -2.38. The van der Waals surface area contributed by atoms with Gasteiger partial charge in [0.2, 0.25) is 5.69 Å². The molecule has 11 heteroatoms. The first-order valence-electron chi connectivity index (χ1n) is 7.07. The molecule has 0 aliphatic heterocycles. The van der Waals surface area contributed by atoms with Crippen LogP contribution in [-0.4, -0.2) is 39.1 Å². The van der Waals surface area contributed by atoms with Crippen molar-refractivity contribution in [2.75, 3.05) is 6.54 Å². The highest BCUT2D eigenvalue weighted by Gasteiger charge is 2.20. The maximum atomic E-state index is 10.7. The maximum Gasteiger partial charge on any atom is 0.407 e. The van der Waals surface area contributed by atoms with Gasteiger partial charge in [0.05, 0.1) is 25.2 Å². The third-order valence-electron chi connectivity index (χ3n) is 2.99. The number of unbranched alkanes of at least 4 members (excludes halogenated alkanes) is 1. The highest BCUT2D eigenvalue weighted by atomic mass is 35.5. The molecule has 2 rings (SSSR count). The molecule has 5 N–H and O–H groups in total. The number of nitrogens with zero attached hydrogens (tertiary/aromatic N) is 4. The van der Waals surface area contributed by atoms with E-state index in [1.807, 2.05) is 10.8 Å². The number of aromatic nitrogens is 2. The number of primary amides is 1. The van der Waals surface area contributed by atoms with Crippen LogP contribution in [0.3, 0.4) is 0 Å². The predicted octanol–water partition coefficient (Wildman–Crippen LogP) is 2.09. The van der Waals surface area contributed by atoms with E-state index in [9.17, 15) is 4.79 Å². The molecule has 2 aromatic rings. The van der Waals surface area contributed by atoms with Gasteiger partial charge in [0.25, 0.3) is 0 Å². The number of hydrogen-bond acceptors (Lipinski definition) is 7. The van der Waals surface area contributed by atoms with E-state index in [0.717, 1.165) is 29.2 Å². The minimum Gasteiger partial charge on any atom is -0.352 e. The number of hydrazine groups is 2. The highest BCUT2D eigenvalue weighted by Crippen LogP contribution is 2.27. The lowest BCUT2D eigenvalue weighted by molar-refractivity contribution is -0.620. The summed E-state index contributed by atoms with van der Waals surface area (Å²) in [6, 6.07) is -0.569. The van der Waals surface area contributed by atoms with Crippen molar-refractivity contribution >= 4 is 53.0 Å². The summed E-state index contributed by atoms with van der Waals surface area (Å²) in [6.07, 6.45) is 2.05. The number of nitrogens with one attached hydrogen (secondary N) is 1. The lowest BCUT2D eigenvalue weighted by atomic mass is 10.3. The Labute approximate surface area is 154 Å². The smallest absolute Gasteiger partial charge is 0.352 e. The van der Waals surface area contributed by atoms with E-state index in [1.165, 1.54) is 22.7 Å². The van der Waals surface area contributed by atoms with Crippen LogP contribution < -0.4 is 16.9 Å². The Balaban J connectivity index is 0.00000288. The highest BCUT2D eigenvalue weighted by molar-refractivity contribution is 7.13. The van der Waals surface area contributed by atoms with E-state index in [4.69, 9.17) is 11.6 Å². The Morgan fingerprint density at radius 1 is 1.38 bits per heavy atom. The topological polar surface area (TPSA) is 113 Å². The van der Waals surface area contributed by atoms with Gasteiger partial charge >= 0.3 is 11.2 Å². The average Bonchev–Trinajstić information content (AvgIpc) is 3.18. The van der Waals surface area contributed by atoms with Crippen LogP contribution in [0.2, 0.25) is 0 Å². The van der Waals surface area contributed by atoms with Crippen molar-refractivity contribution in [3.05, 3.63) is 15.8 Å². The predicted molar refractivity (Wildman–Crippen MR) is 99.7 cm³/mol. The van der Waals surface area contributed by atoms with Gasteiger partial charge in [-0.1, -0.05) is 13.3 Å². The van der Waals surface area contributed by atoms with Crippen molar-refractivity contribution < 1.29 is 9.48 Å².